The van der Waals surface area contributed by atoms with Crippen LogP contribution in [-0.2, 0) is 16.0 Å². The zero-order valence-electron chi connectivity index (χ0n) is 14.5. The third-order valence-electron chi connectivity index (χ3n) is 3.97. The van der Waals surface area contributed by atoms with Crippen LogP contribution in [-0.4, -0.2) is 55.1 Å². The second kappa shape index (κ2) is 10.0. The van der Waals surface area contributed by atoms with Gasteiger partial charge < -0.3 is 14.6 Å². The van der Waals surface area contributed by atoms with E-state index in [2.05, 4.69) is 43.0 Å². The molecule has 0 bridgehead atoms. The lowest BCUT2D eigenvalue weighted by molar-refractivity contribution is -0.00390. The second-order valence-electron chi connectivity index (χ2n) is 6.90. The van der Waals surface area contributed by atoms with Crippen molar-refractivity contribution >= 4 is 0 Å². The van der Waals surface area contributed by atoms with Gasteiger partial charge in [0.25, 0.3) is 0 Å². The van der Waals surface area contributed by atoms with E-state index in [1.165, 1.54) is 5.56 Å². The SMILES string of the molecule is CC(C)COC[C@@H](O)CN(Cc1ccccc1)C[C@@H]1CCCO1. The average molecular weight is 321 g/mol. The van der Waals surface area contributed by atoms with E-state index in [4.69, 9.17) is 9.47 Å². The number of rotatable bonds is 10. The Morgan fingerprint density at radius 3 is 2.70 bits per heavy atom. The first-order chi connectivity index (χ1) is 11.1. The van der Waals surface area contributed by atoms with Gasteiger partial charge in [0.05, 0.1) is 18.8 Å². The molecule has 1 aromatic rings. The van der Waals surface area contributed by atoms with Crippen molar-refractivity contribution in [3.63, 3.8) is 0 Å². The monoisotopic (exact) mass is 321 g/mol. The average Bonchev–Trinajstić information content (AvgIpc) is 3.00. The number of nitrogens with zero attached hydrogens (tertiary/aromatic N) is 1. The zero-order valence-corrected chi connectivity index (χ0v) is 14.5. The summed E-state index contributed by atoms with van der Waals surface area (Å²) in [6.45, 7) is 8.52. The Morgan fingerprint density at radius 2 is 2.04 bits per heavy atom. The zero-order chi connectivity index (χ0) is 16.5. The van der Waals surface area contributed by atoms with Gasteiger partial charge in [0, 0.05) is 32.8 Å². The lowest BCUT2D eigenvalue weighted by Crippen LogP contribution is -2.39. The Hall–Kier alpha value is -0.940. The van der Waals surface area contributed by atoms with Crippen LogP contribution in [0, 0.1) is 5.92 Å². The largest absolute Gasteiger partial charge is 0.389 e. The van der Waals surface area contributed by atoms with Crippen LogP contribution in [0.4, 0.5) is 0 Å². The van der Waals surface area contributed by atoms with Crippen molar-refractivity contribution < 1.29 is 14.6 Å². The second-order valence-corrected chi connectivity index (χ2v) is 6.90. The molecule has 1 aromatic carbocycles. The molecule has 0 aliphatic carbocycles. The molecule has 0 unspecified atom stereocenters. The number of aliphatic hydroxyl groups excluding tert-OH is 1. The van der Waals surface area contributed by atoms with Gasteiger partial charge in [0.1, 0.15) is 0 Å². The van der Waals surface area contributed by atoms with Crippen LogP contribution >= 0.6 is 0 Å². The van der Waals surface area contributed by atoms with Gasteiger partial charge in [-0.3, -0.25) is 4.90 Å². The number of hydrogen-bond donors (Lipinski definition) is 1. The maximum atomic E-state index is 10.3. The molecule has 1 fully saturated rings. The third kappa shape index (κ3) is 7.44. The van der Waals surface area contributed by atoms with Gasteiger partial charge >= 0.3 is 0 Å². The normalized spacial score (nSPS) is 19.6. The first-order valence-electron chi connectivity index (χ1n) is 8.77. The fraction of sp³-hybridized carbons (Fsp3) is 0.684. The van der Waals surface area contributed by atoms with E-state index in [9.17, 15) is 5.11 Å². The molecule has 4 heteroatoms. The molecule has 130 valence electrons. The smallest absolute Gasteiger partial charge is 0.0900 e. The minimum absolute atomic E-state index is 0.294. The molecule has 1 N–H and O–H groups in total. The summed E-state index contributed by atoms with van der Waals surface area (Å²) in [7, 11) is 0. The molecule has 1 aliphatic heterocycles. The molecule has 4 nitrogen and oxygen atoms in total. The van der Waals surface area contributed by atoms with Gasteiger partial charge in [0.2, 0.25) is 0 Å². The number of benzene rings is 1. The van der Waals surface area contributed by atoms with Crippen molar-refractivity contribution in [1.82, 2.24) is 4.90 Å². The van der Waals surface area contributed by atoms with Gasteiger partial charge in [-0.1, -0.05) is 44.2 Å². The summed E-state index contributed by atoms with van der Waals surface area (Å²) in [4.78, 5) is 2.29. The molecular formula is C19H31NO3. The molecule has 0 radical (unpaired) electrons. The van der Waals surface area contributed by atoms with E-state index in [1.807, 2.05) is 6.07 Å². The highest BCUT2D eigenvalue weighted by Gasteiger charge is 2.21. The number of ether oxygens (including phenoxy) is 2. The predicted octanol–water partition coefficient (Wildman–Crippen LogP) is 2.70. The van der Waals surface area contributed by atoms with Crippen LogP contribution in [0.5, 0.6) is 0 Å². The Morgan fingerprint density at radius 1 is 1.26 bits per heavy atom. The van der Waals surface area contributed by atoms with Crippen LogP contribution in [0.15, 0.2) is 30.3 Å². The van der Waals surface area contributed by atoms with Crippen LogP contribution in [0.3, 0.4) is 0 Å². The molecule has 2 rings (SSSR count). The fourth-order valence-corrected chi connectivity index (χ4v) is 2.91. The minimum Gasteiger partial charge on any atom is -0.389 e. The topological polar surface area (TPSA) is 41.9 Å². The Kier molecular flexibility index (Phi) is 8.03. The van der Waals surface area contributed by atoms with Crippen LogP contribution in [0.1, 0.15) is 32.3 Å². The molecule has 1 saturated heterocycles. The summed E-state index contributed by atoms with van der Waals surface area (Å²) in [5.41, 5.74) is 1.26. The van der Waals surface area contributed by atoms with Crippen LogP contribution in [0.2, 0.25) is 0 Å². The minimum atomic E-state index is -0.459. The lowest BCUT2D eigenvalue weighted by atomic mass is 10.1. The fourth-order valence-electron chi connectivity index (χ4n) is 2.91. The van der Waals surface area contributed by atoms with E-state index < -0.39 is 6.10 Å². The van der Waals surface area contributed by atoms with Crippen molar-refractivity contribution in [2.24, 2.45) is 5.92 Å². The van der Waals surface area contributed by atoms with Crippen molar-refractivity contribution in [1.29, 1.82) is 0 Å². The first-order valence-corrected chi connectivity index (χ1v) is 8.77. The molecule has 0 saturated carbocycles. The van der Waals surface area contributed by atoms with Crippen molar-refractivity contribution in [3.05, 3.63) is 35.9 Å². The summed E-state index contributed by atoms with van der Waals surface area (Å²) in [6.07, 6.45) is 2.09. The van der Waals surface area contributed by atoms with Gasteiger partial charge in [-0.05, 0) is 24.3 Å². The highest BCUT2D eigenvalue weighted by atomic mass is 16.5. The highest BCUT2D eigenvalue weighted by molar-refractivity contribution is 5.14. The maximum absolute atomic E-state index is 10.3. The van der Waals surface area contributed by atoms with Gasteiger partial charge in [0.15, 0.2) is 0 Å². The first kappa shape index (κ1) is 18.4. The van der Waals surface area contributed by atoms with Gasteiger partial charge in [-0.2, -0.15) is 0 Å². The van der Waals surface area contributed by atoms with Gasteiger partial charge in [-0.25, -0.2) is 0 Å². The Balaban J connectivity index is 1.84. The van der Waals surface area contributed by atoms with Crippen molar-refractivity contribution in [2.45, 2.75) is 45.4 Å². The summed E-state index contributed by atoms with van der Waals surface area (Å²) < 4.78 is 11.3. The summed E-state index contributed by atoms with van der Waals surface area (Å²) in [5, 5.41) is 10.3. The third-order valence-corrected chi connectivity index (χ3v) is 3.97. The van der Waals surface area contributed by atoms with Crippen molar-refractivity contribution in [2.75, 3.05) is 32.9 Å². The van der Waals surface area contributed by atoms with E-state index in [0.29, 0.717) is 31.8 Å². The Labute approximate surface area is 140 Å². The summed E-state index contributed by atoms with van der Waals surface area (Å²) in [6, 6.07) is 10.4. The maximum Gasteiger partial charge on any atom is 0.0900 e. The quantitative estimate of drug-likeness (QED) is 0.719. The van der Waals surface area contributed by atoms with Crippen LogP contribution < -0.4 is 0 Å². The Bertz CT molecular complexity index is 418. The van der Waals surface area contributed by atoms with Crippen LogP contribution in [0.25, 0.3) is 0 Å². The van der Waals surface area contributed by atoms with E-state index in [0.717, 1.165) is 32.5 Å². The number of hydrogen-bond acceptors (Lipinski definition) is 4. The predicted molar refractivity (Wildman–Crippen MR) is 92.4 cm³/mol. The summed E-state index contributed by atoms with van der Waals surface area (Å²) >= 11 is 0. The molecule has 23 heavy (non-hydrogen) atoms. The highest BCUT2D eigenvalue weighted by Crippen LogP contribution is 2.15. The standard InChI is InChI=1S/C19H31NO3/c1-16(2)14-22-15-18(21)12-20(13-19-9-6-10-23-19)11-17-7-4-3-5-8-17/h3-5,7-8,16,18-19,21H,6,9-15H2,1-2H3/t18-,19-/m0/s1. The van der Waals surface area contributed by atoms with E-state index >= 15 is 0 Å². The molecule has 0 spiro atoms. The molecule has 1 heterocycles. The number of aliphatic hydroxyl groups is 1. The molecule has 1 aliphatic rings. The van der Waals surface area contributed by atoms with Crippen molar-refractivity contribution in [3.8, 4) is 0 Å². The van der Waals surface area contributed by atoms with E-state index in [-0.39, 0.29) is 0 Å². The molecular weight excluding hydrogens is 290 g/mol. The lowest BCUT2D eigenvalue weighted by Gasteiger charge is -2.27. The molecule has 2 atom stereocenters. The molecule has 0 aromatic heterocycles. The summed E-state index contributed by atoms with van der Waals surface area (Å²) in [5.74, 6) is 0.495. The molecule has 0 amide bonds. The van der Waals surface area contributed by atoms with E-state index in [1.54, 1.807) is 0 Å². The van der Waals surface area contributed by atoms with Gasteiger partial charge in [-0.15, -0.1) is 0 Å².